The van der Waals surface area contributed by atoms with Crippen LogP contribution in [0.4, 0.5) is 5.69 Å². The van der Waals surface area contributed by atoms with Gasteiger partial charge in [-0.15, -0.1) is 0 Å². The summed E-state index contributed by atoms with van der Waals surface area (Å²) in [6.45, 7) is 0. The van der Waals surface area contributed by atoms with Crippen molar-refractivity contribution in [1.82, 2.24) is 14.9 Å². The maximum Gasteiger partial charge on any atom is 0.174 e. The van der Waals surface area contributed by atoms with E-state index in [1.54, 1.807) is 7.11 Å². The molecule has 1 N–H and O–H groups in total. The molecule has 0 radical (unpaired) electrons. The maximum absolute atomic E-state index is 5.83. The number of ether oxygens (including phenoxy) is 1. The van der Waals surface area contributed by atoms with Crippen LogP contribution in [0.1, 0.15) is 23.5 Å². The first-order valence-corrected chi connectivity index (χ1v) is 11.4. The number of halogens is 1. The summed E-state index contributed by atoms with van der Waals surface area (Å²) in [6.07, 6.45) is 3.90. The Bertz CT molecular complexity index is 1230. The van der Waals surface area contributed by atoms with E-state index in [-0.39, 0.29) is 12.1 Å². The third-order valence-corrected chi connectivity index (χ3v) is 6.48. The van der Waals surface area contributed by atoms with Crippen LogP contribution in [0, 0.1) is 0 Å². The van der Waals surface area contributed by atoms with Gasteiger partial charge < -0.3 is 19.5 Å². The van der Waals surface area contributed by atoms with Gasteiger partial charge in [-0.2, -0.15) is 0 Å². The molecule has 0 saturated carbocycles. The zero-order chi connectivity index (χ0) is 22.1. The van der Waals surface area contributed by atoms with Gasteiger partial charge in [-0.05, 0) is 85.0 Å². The minimum absolute atomic E-state index is 0.0873. The molecule has 5 nitrogen and oxygen atoms in total. The van der Waals surface area contributed by atoms with Gasteiger partial charge in [0.1, 0.15) is 11.8 Å². The number of benzene rings is 2. The molecule has 1 fully saturated rings. The van der Waals surface area contributed by atoms with E-state index in [4.69, 9.17) is 17.0 Å². The molecule has 7 heteroatoms. The van der Waals surface area contributed by atoms with Crippen molar-refractivity contribution in [2.45, 2.75) is 12.1 Å². The minimum atomic E-state index is -0.0979. The molecule has 4 aromatic rings. The second-order valence-electron chi connectivity index (χ2n) is 7.47. The third kappa shape index (κ3) is 3.78. The second kappa shape index (κ2) is 8.76. The van der Waals surface area contributed by atoms with Gasteiger partial charge in [0, 0.05) is 33.9 Å². The van der Waals surface area contributed by atoms with Crippen molar-refractivity contribution in [2.75, 3.05) is 12.0 Å². The Kier molecular flexibility index (Phi) is 5.68. The molecule has 2 aromatic carbocycles. The highest BCUT2D eigenvalue weighted by Crippen LogP contribution is 2.42. The summed E-state index contributed by atoms with van der Waals surface area (Å²) in [5.74, 6) is 0.828. The monoisotopic (exact) mass is 504 g/mol. The molecular formula is C25H21BrN4OS. The fraction of sp³-hybridized carbons (Fsp3) is 0.120. The van der Waals surface area contributed by atoms with Gasteiger partial charge in [-0.3, -0.25) is 4.98 Å². The van der Waals surface area contributed by atoms with Crippen molar-refractivity contribution in [3.63, 3.8) is 0 Å². The molecule has 1 saturated heterocycles. The topological polar surface area (TPSA) is 42.3 Å². The molecule has 32 heavy (non-hydrogen) atoms. The number of anilines is 1. The normalized spacial score (nSPS) is 17.9. The lowest BCUT2D eigenvalue weighted by molar-refractivity contribution is 0.414. The highest BCUT2D eigenvalue weighted by molar-refractivity contribution is 9.10. The number of nitrogens with zero attached hydrogens (tertiary/aromatic N) is 3. The molecular weight excluding hydrogens is 484 g/mol. The summed E-state index contributed by atoms with van der Waals surface area (Å²) in [6, 6.07) is 26.3. The quantitative estimate of drug-likeness (QED) is 0.346. The van der Waals surface area contributed by atoms with Gasteiger partial charge in [0.15, 0.2) is 5.11 Å². The van der Waals surface area contributed by atoms with Crippen LogP contribution in [0.15, 0.2) is 95.7 Å². The first-order valence-electron chi connectivity index (χ1n) is 10.2. The molecule has 0 amide bonds. The zero-order valence-electron chi connectivity index (χ0n) is 17.4. The Labute approximate surface area is 200 Å². The van der Waals surface area contributed by atoms with Gasteiger partial charge in [-0.25, -0.2) is 0 Å². The van der Waals surface area contributed by atoms with Crippen molar-refractivity contribution in [3.8, 4) is 11.4 Å². The predicted molar refractivity (Wildman–Crippen MR) is 134 cm³/mol. The van der Waals surface area contributed by atoms with E-state index in [0.717, 1.165) is 33.0 Å². The number of methoxy groups -OCH3 is 1. The maximum atomic E-state index is 5.83. The average molecular weight is 505 g/mol. The second-order valence-corrected chi connectivity index (χ2v) is 8.78. The summed E-state index contributed by atoms with van der Waals surface area (Å²) in [4.78, 5) is 6.82. The standard InChI is InChI=1S/C25H21BrN4OS/c1-31-20-13-11-18(12-14-20)29-16-4-6-22(29)24-23(21-5-2-3-15-27-21)28-25(32)30(24)19-9-7-17(26)8-10-19/h2-16,23-24H,1H3,(H,28,32). The van der Waals surface area contributed by atoms with Crippen LogP contribution < -0.4 is 15.0 Å². The van der Waals surface area contributed by atoms with Crippen molar-refractivity contribution < 1.29 is 4.74 Å². The van der Waals surface area contributed by atoms with Gasteiger partial charge in [0.2, 0.25) is 0 Å². The minimum Gasteiger partial charge on any atom is -0.497 e. The summed E-state index contributed by atoms with van der Waals surface area (Å²) in [7, 11) is 1.68. The predicted octanol–water partition coefficient (Wildman–Crippen LogP) is 5.82. The van der Waals surface area contributed by atoms with Gasteiger partial charge in [0.25, 0.3) is 0 Å². The number of rotatable bonds is 5. The molecule has 160 valence electrons. The SMILES string of the molecule is COc1ccc(-n2cccc2C2C(c3ccccn3)NC(=S)N2c2ccc(Br)cc2)cc1. The van der Waals surface area contributed by atoms with E-state index in [1.807, 2.05) is 48.7 Å². The Balaban J connectivity index is 1.64. The van der Waals surface area contributed by atoms with Crippen molar-refractivity contribution in [2.24, 2.45) is 0 Å². The Morgan fingerprint density at radius 2 is 1.69 bits per heavy atom. The number of pyridine rings is 1. The molecule has 2 unspecified atom stereocenters. The number of thiocarbonyl (C=S) groups is 1. The van der Waals surface area contributed by atoms with E-state index < -0.39 is 0 Å². The Morgan fingerprint density at radius 3 is 2.38 bits per heavy atom. The van der Waals surface area contributed by atoms with Crippen molar-refractivity contribution in [1.29, 1.82) is 0 Å². The Morgan fingerprint density at radius 1 is 0.938 bits per heavy atom. The lowest BCUT2D eigenvalue weighted by Gasteiger charge is -2.29. The van der Waals surface area contributed by atoms with E-state index >= 15 is 0 Å². The van der Waals surface area contributed by atoms with Crippen LogP contribution in [0.5, 0.6) is 5.75 Å². The lowest BCUT2D eigenvalue weighted by atomic mass is 10.0. The Hall–Kier alpha value is -3.16. The molecule has 5 rings (SSSR count). The number of nitrogens with one attached hydrogen (secondary N) is 1. The molecule has 0 aliphatic carbocycles. The molecule has 0 spiro atoms. The van der Waals surface area contributed by atoms with Crippen molar-refractivity contribution >= 4 is 38.9 Å². The number of hydrogen-bond donors (Lipinski definition) is 1. The van der Waals surface area contributed by atoms with Crippen molar-refractivity contribution in [3.05, 3.63) is 107 Å². The lowest BCUT2D eigenvalue weighted by Crippen LogP contribution is -2.30. The number of aromatic nitrogens is 2. The van der Waals surface area contributed by atoms with Crippen LogP contribution in [0.3, 0.4) is 0 Å². The smallest absolute Gasteiger partial charge is 0.174 e. The molecule has 2 aromatic heterocycles. The van der Waals surface area contributed by atoms with Crippen LogP contribution in [0.25, 0.3) is 5.69 Å². The van der Waals surface area contributed by atoms with Gasteiger partial charge >= 0.3 is 0 Å². The molecule has 1 aliphatic heterocycles. The fourth-order valence-electron chi connectivity index (χ4n) is 4.15. The van der Waals surface area contributed by atoms with Crippen LogP contribution in [-0.2, 0) is 0 Å². The third-order valence-electron chi connectivity index (χ3n) is 5.64. The zero-order valence-corrected chi connectivity index (χ0v) is 19.8. The van der Waals surface area contributed by atoms with Crippen LogP contribution >= 0.6 is 28.1 Å². The highest BCUT2D eigenvalue weighted by atomic mass is 79.9. The molecule has 2 atom stereocenters. The number of hydrogen-bond acceptors (Lipinski definition) is 3. The first kappa shape index (κ1) is 20.7. The van der Waals surface area contributed by atoms with Gasteiger partial charge in [-0.1, -0.05) is 22.0 Å². The van der Waals surface area contributed by atoms with Crippen LogP contribution in [0.2, 0.25) is 0 Å². The summed E-state index contributed by atoms with van der Waals surface area (Å²) in [5, 5.41) is 4.19. The summed E-state index contributed by atoms with van der Waals surface area (Å²) >= 11 is 9.36. The van der Waals surface area contributed by atoms with Gasteiger partial charge in [0.05, 0.1) is 18.8 Å². The first-order chi connectivity index (χ1) is 15.7. The fourth-order valence-corrected chi connectivity index (χ4v) is 4.76. The van der Waals surface area contributed by atoms with E-state index in [9.17, 15) is 0 Å². The van der Waals surface area contributed by atoms with E-state index in [0.29, 0.717) is 5.11 Å². The summed E-state index contributed by atoms with van der Waals surface area (Å²) < 4.78 is 8.56. The van der Waals surface area contributed by atoms with Crippen LogP contribution in [-0.4, -0.2) is 21.8 Å². The molecule has 3 heterocycles. The highest BCUT2D eigenvalue weighted by Gasteiger charge is 2.42. The van der Waals surface area contributed by atoms with E-state index in [2.05, 4.69) is 78.3 Å². The molecule has 0 bridgehead atoms. The summed E-state index contributed by atoms with van der Waals surface area (Å²) in [5.41, 5.74) is 4.14. The molecule has 1 aliphatic rings. The van der Waals surface area contributed by atoms with E-state index in [1.165, 1.54) is 0 Å². The largest absolute Gasteiger partial charge is 0.497 e. The average Bonchev–Trinajstić information content (AvgIpc) is 3.44.